The van der Waals surface area contributed by atoms with Crippen LogP contribution in [0.3, 0.4) is 0 Å². The Morgan fingerprint density at radius 1 is 1.10 bits per heavy atom. The quantitative estimate of drug-likeness (QED) is 0.234. The van der Waals surface area contributed by atoms with Gasteiger partial charge in [0.15, 0.2) is 5.82 Å². The molecule has 2 atom stereocenters. The van der Waals surface area contributed by atoms with Crippen LogP contribution in [0.25, 0.3) is 0 Å². The molecule has 11 nitrogen and oxygen atoms in total. The smallest absolute Gasteiger partial charge is 0.384 e. The van der Waals surface area contributed by atoms with Crippen LogP contribution in [0.15, 0.2) is 48.5 Å². The van der Waals surface area contributed by atoms with Crippen molar-refractivity contribution < 1.29 is 31.9 Å². The number of rotatable bonds is 6. The van der Waals surface area contributed by atoms with Crippen LogP contribution < -0.4 is 11.1 Å². The lowest BCUT2D eigenvalue weighted by Crippen LogP contribution is -2.66. The van der Waals surface area contributed by atoms with Crippen molar-refractivity contribution >= 4 is 23.7 Å². The van der Waals surface area contributed by atoms with Crippen molar-refractivity contribution in [2.45, 2.75) is 24.7 Å². The van der Waals surface area contributed by atoms with E-state index in [1.165, 1.54) is 23.1 Å². The van der Waals surface area contributed by atoms with Gasteiger partial charge >= 0.3 is 12.2 Å². The molecule has 41 heavy (non-hydrogen) atoms. The molecule has 4 N–H and O–H groups in total. The Hall–Kier alpha value is -4.53. The van der Waals surface area contributed by atoms with Gasteiger partial charge in [-0.1, -0.05) is 36.4 Å². The summed E-state index contributed by atoms with van der Waals surface area (Å²) in [5.74, 6) is -3.73. The third-order valence-corrected chi connectivity index (χ3v) is 6.94. The molecule has 2 saturated heterocycles. The number of nitrogens with one attached hydrogen (secondary N) is 2. The highest BCUT2D eigenvalue weighted by Crippen LogP contribution is 2.43. The Bertz CT molecular complexity index is 1450. The largest absolute Gasteiger partial charge is 0.409 e. The van der Waals surface area contributed by atoms with Crippen molar-refractivity contribution in [2.75, 3.05) is 38.2 Å². The van der Waals surface area contributed by atoms with Crippen molar-refractivity contribution in [1.82, 2.24) is 24.6 Å². The summed E-state index contributed by atoms with van der Waals surface area (Å²) in [5.41, 5.74) is 6.31. The molecule has 3 heterocycles. The molecule has 216 valence electrons. The summed E-state index contributed by atoms with van der Waals surface area (Å²) in [6.07, 6.45) is -4.79. The van der Waals surface area contributed by atoms with Crippen LogP contribution in [-0.2, 0) is 11.3 Å². The molecule has 0 saturated carbocycles. The number of aromatic nitrogens is 3. The summed E-state index contributed by atoms with van der Waals surface area (Å²) in [4.78, 5) is 32.4. The Kier molecular flexibility index (Phi) is 7.62. The van der Waals surface area contributed by atoms with Gasteiger partial charge < -0.3 is 25.6 Å². The number of nitrogens with zero attached hydrogens (tertiary/aromatic N) is 5. The zero-order valence-electron chi connectivity index (χ0n) is 21.6. The molecule has 15 heteroatoms. The van der Waals surface area contributed by atoms with E-state index in [0.29, 0.717) is 11.1 Å². The maximum absolute atomic E-state index is 14.5. The van der Waals surface area contributed by atoms with Gasteiger partial charge in [0.25, 0.3) is 5.91 Å². The molecule has 5 rings (SSSR count). The average molecular weight is 575 g/mol. The van der Waals surface area contributed by atoms with Gasteiger partial charge in [-0.3, -0.25) is 10.2 Å². The first-order valence-electron chi connectivity index (χ1n) is 12.7. The minimum Gasteiger partial charge on any atom is -0.384 e. The summed E-state index contributed by atoms with van der Waals surface area (Å²) >= 11 is 0. The van der Waals surface area contributed by atoms with Crippen LogP contribution in [0.2, 0.25) is 0 Å². The van der Waals surface area contributed by atoms with Crippen molar-refractivity contribution in [3.8, 4) is 0 Å². The van der Waals surface area contributed by atoms with Crippen LogP contribution in [0.5, 0.6) is 0 Å². The SMILES string of the molecule is N=C(N)c1ccc(CNc2nc(C3CN(C(=O)N4CCOCC4)C3C(F)(F)F)nn2C(=O)c2ccccc2F)cc1. The number of nitrogens with two attached hydrogens (primary N) is 1. The summed E-state index contributed by atoms with van der Waals surface area (Å²) in [5, 5.41) is 14.5. The van der Waals surface area contributed by atoms with Crippen LogP contribution in [0.4, 0.5) is 28.3 Å². The Balaban J connectivity index is 1.44. The first kappa shape index (κ1) is 28.0. The Labute approximate surface area is 231 Å². The van der Waals surface area contributed by atoms with E-state index in [2.05, 4.69) is 15.4 Å². The first-order chi connectivity index (χ1) is 19.5. The fraction of sp³-hybridized carbons (Fsp3) is 0.346. The number of carbonyl (C=O) groups is 2. The van der Waals surface area contributed by atoms with E-state index in [0.717, 1.165) is 15.6 Å². The number of hydrogen-bond donors (Lipinski definition) is 3. The second-order valence-electron chi connectivity index (χ2n) is 9.58. The molecule has 2 aliphatic rings. The van der Waals surface area contributed by atoms with E-state index in [1.54, 1.807) is 24.3 Å². The molecule has 2 amide bonds. The monoisotopic (exact) mass is 574 g/mol. The minimum atomic E-state index is -4.79. The number of amides is 2. The van der Waals surface area contributed by atoms with Gasteiger partial charge in [0, 0.05) is 31.7 Å². The lowest BCUT2D eigenvalue weighted by molar-refractivity contribution is -0.209. The van der Waals surface area contributed by atoms with E-state index >= 15 is 0 Å². The zero-order valence-corrected chi connectivity index (χ0v) is 21.6. The standard InChI is InChI=1S/C26H26F4N8O3/c27-19-4-2-1-3-17(19)23(39)38-24(33-13-15-5-7-16(8-6-15)21(31)32)34-22(35-38)18-14-37(20(18)26(28,29)30)25(40)36-9-11-41-12-10-36/h1-8,18,20H,9-14H2,(H3,31,32)(H,33,34,35). The van der Waals surface area contributed by atoms with Gasteiger partial charge in [-0.2, -0.15) is 22.8 Å². The number of anilines is 1. The summed E-state index contributed by atoms with van der Waals surface area (Å²) in [6.45, 7) is 0.582. The highest BCUT2D eigenvalue weighted by molar-refractivity contribution is 5.97. The van der Waals surface area contributed by atoms with Crippen molar-refractivity contribution in [3.05, 3.63) is 76.9 Å². The lowest BCUT2D eigenvalue weighted by Gasteiger charge is -2.49. The van der Waals surface area contributed by atoms with Gasteiger partial charge in [0.1, 0.15) is 17.7 Å². The fourth-order valence-corrected chi connectivity index (χ4v) is 4.74. The molecule has 0 bridgehead atoms. The topological polar surface area (TPSA) is 142 Å². The molecular weight excluding hydrogens is 548 g/mol. The van der Waals surface area contributed by atoms with Gasteiger partial charge in [-0.05, 0) is 17.7 Å². The number of morpholine rings is 1. The third kappa shape index (κ3) is 5.70. The molecule has 3 aromatic rings. The number of alkyl halides is 3. The number of urea groups is 1. The van der Waals surface area contributed by atoms with Gasteiger partial charge in [-0.25, -0.2) is 9.18 Å². The van der Waals surface area contributed by atoms with E-state index in [1.807, 2.05) is 0 Å². The van der Waals surface area contributed by atoms with Crippen LogP contribution in [0.1, 0.15) is 33.2 Å². The van der Waals surface area contributed by atoms with E-state index in [9.17, 15) is 27.2 Å². The molecule has 1 aromatic heterocycles. The molecule has 0 spiro atoms. The number of hydrogen-bond acceptors (Lipinski definition) is 7. The first-order valence-corrected chi connectivity index (χ1v) is 12.7. The summed E-state index contributed by atoms with van der Waals surface area (Å²) < 4.78 is 63.0. The number of carbonyl (C=O) groups excluding carboxylic acids is 2. The number of benzene rings is 2. The molecule has 2 aromatic carbocycles. The molecule has 2 aliphatic heterocycles. The van der Waals surface area contributed by atoms with Crippen molar-refractivity contribution in [2.24, 2.45) is 5.73 Å². The Morgan fingerprint density at radius 2 is 1.78 bits per heavy atom. The maximum atomic E-state index is 14.5. The van der Waals surface area contributed by atoms with Gasteiger partial charge in [0.2, 0.25) is 5.95 Å². The number of nitrogen functional groups attached to an aromatic ring is 1. The predicted molar refractivity (Wildman–Crippen MR) is 138 cm³/mol. The normalized spacial score (nSPS) is 19.0. The fourth-order valence-electron chi connectivity index (χ4n) is 4.74. The lowest BCUT2D eigenvalue weighted by atomic mass is 9.87. The molecule has 2 unspecified atom stereocenters. The average Bonchev–Trinajstić information content (AvgIpc) is 3.34. The molecule has 0 aliphatic carbocycles. The van der Waals surface area contributed by atoms with E-state index < -0.39 is 35.9 Å². The Morgan fingerprint density at radius 3 is 2.41 bits per heavy atom. The van der Waals surface area contributed by atoms with Crippen molar-refractivity contribution in [1.29, 1.82) is 5.41 Å². The second kappa shape index (κ2) is 11.2. The van der Waals surface area contributed by atoms with Gasteiger partial charge in [0.05, 0.1) is 24.7 Å². The zero-order chi connectivity index (χ0) is 29.3. The second-order valence-corrected chi connectivity index (χ2v) is 9.58. The van der Waals surface area contributed by atoms with E-state index in [-0.39, 0.29) is 62.6 Å². The van der Waals surface area contributed by atoms with E-state index in [4.69, 9.17) is 15.9 Å². The van der Waals surface area contributed by atoms with Crippen LogP contribution in [-0.4, -0.2) is 87.4 Å². The third-order valence-electron chi connectivity index (χ3n) is 6.94. The summed E-state index contributed by atoms with van der Waals surface area (Å²) in [7, 11) is 0. The number of halogens is 4. The van der Waals surface area contributed by atoms with Crippen molar-refractivity contribution in [3.63, 3.8) is 0 Å². The van der Waals surface area contributed by atoms with Gasteiger partial charge in [-0.15, -0.1) is 5.10 Å². The highest BCUT2D eigenvalue weighted by Gasteiger charge is 2.59. The predicted octanol–water partition coefficient (Wildman–Crippen LogP) is 2.78. The molecular formula is C26H26F4N8O3. The maximum Gasteiger partial charge on any atom is 0.409 e. The minimum absolute atomic E-state index is 0.0792. The number of likely N-dealkylation sites (tertiary alicyclic amines) is 1. The molecule has 2 fully saturated rings. The number of amidine groups is 1. The number of ether oxygens (including phenoxy) is 1. The van der Waals surface area contributed by atoms with Crippen LogP contribution >= 0.6 is 0 Å². The molecule has 0 radical (unpaired) electrons. The summed E-state index contributed by atoms with van der Waals surface area (Å²) in [6, 6.07) is 8.75. The van der Waals surface area contributed by atoms with Crippen LogP contribution in [0, 0.1) is 11.2 Å². The highest BCUT2D eigenvalue weighted by atomic mass is 19.4.